The van der Waals surface area contributed by atoms with Crippen molar-refractivity contribution in [1.29, 1.82) is 0 Å². The highest BCUT2D eigenvalue weighted by molar-refractivity contribution is 6.33. The summed E-state index contributed by atoms with van der Waals surface area (Å²) in [5.74, 6) is 0.508. The van der Waals surface area contributed by atoms with Gasteiger partial charge in [-0.1, -0.05) is 23.7 Å². The zero-order valence-electron chi connectivity index (χ0n) is 15.5. The van der Waals surface area contributed by atoms with Gasteiger partial charge in [0.15, 0.2) is 0 Å². The molecule has 0 saturated heterocycles. The summed E-state index contributed by atoms with van der Waals surface area (Å²) in [6.07, 6.45) is 6.12. The number of carboxylic acid groups (broad SMARTS) is 1. The van der Waals surface area contributed by atoms with Crippen molar-refractivity contribution in [2.24, 2.45) is 7.05 Å². The third-order valence-electron chi connectivity index (χ3n) is 5.26. The maximum absolute atomic E-state index is 10.9. The first-order valence-corrected chi connectivity index (χ1v) is 9.72. The quantitative estimate of drug-likeness (QED) is 0.609. The number of nitrogens with one attached hydrogen (secondary N) is 2. The Morgan fingerprint density at radius 1 is 1.29 bits per heavy atom. The summed E-state index contributed by atoms with van der Waals surface area (Å²) in [6, 6.07) is 8.19. The van der Waals surface area contributed by atoms with Crippen molar-refractivity contribution >= 4 is 34.5 Å². The van der Waals surface area contributed by atoms with Crippen LogP contribution in [0.3, 0.4) is 0 Å². The first-order valence-electron chi connectivity index (χ1n) is 9.34. The summed E-state index contributed by atoms with van der Waals surface area (Å²) < 4.78 is 2.06. The Balaban J connectivity index is 1.60. The number of amides is 1. The number of fused-ring (bicyclic) bond motifs is 1. The minimum Gasteiger partial charge on any atom is -0.465 e. The lowest BCUT2D eigenvalue weighted by Crippen LogP contribution is -2.41. The average molecular weight is 400 g/mol. The molecule has 1 fully saturated rings. The summed E-state index contributed by atoms with van der Waals surface area (Å²) in [5, 5.41) is 16.5. The number of carbonyl (C=O) groups is 1. The molecular weight excluding hydrogens is 378 g/mol. The van der Waals surface area contributed by atoms with Crippen LogP contribution in [0.25, 0.3) is 22.2 Å². The molecule has 1 amide bonds. The molecule has 146 valence electrons. The second-order valence-electron chi connectivity index (χ2n) is 7.21. The predicted molar refractivity (Wildman–Crippen MR) is 110 cm³/mol. The summed E-state index contributed by atoms with van der Waals surface area (Å²) in [7, 11) is 2.01. The molecule has 28 heavy (non-hydrogen) atoms. The fraction of sp³-hybridized carbons (Fsp3) is 0.350. The van der Waals surface area contributed by atoms with Gasteiger partial charge in [-0.15, -0.1) is 0 Å². The zero-order valence-corrected chi connectivity index (χ0v) is 16.3. The van der Waals surface area contributed by atoms with E-state index in [9.17, 15) is 4.79 Å². The van der Waals surface area contributed by atoms with Crippen LogP contribution in [-0.4, -0.2) is 37.8 Å². The minimum atomic E-state index is -0.980. The van der Waals surface area contributed by atoms with Gasteiger partial charge in [0.1, 0.15) is 0 Å². The molecule has 8 heteroatoms. The van der Waals surface area contributed by atoms with Crippen molar-refractivity contribution in [1.82, 2.24) is 19.9 Å². The number of nitrogens with zero attached hydrogens (tertiary/aromatic N) is 3. The Bertz CT molecular complexity index is 1020. The molecule has 1 aliphatic rings. The van der Waals surface area contributed by atoms with Gasteiger partial charge in [0.2, 0.25) is 5.95 Å². The molecule has 2 aromatic heterocycles. The molecule has 3 N–H and O–H groups in total. The number of anilines is 1. The number of aryl methyl sites for hydroxylation is 1. The van der Waals surface area contributed by atoms with Crippen molar-refractivity contribution < 1.29 is 9.90 Å². The summed E-state index contributed by atoms with van der Waals surface area (Å²) in [4.78, 5) is 19.9. The molecule has 2 atom stereocenters. The van der Waals surface area contributed by atoms with Gasteiger partial charge in [-0.05, 0) is 37.8 Å². The lowest BCUT2D eigenvalue weighted by Gasteiger charge is -2.29. The SMILES string of the molecule is Cn1ccc2c(-c3nc(N[C@@H]4CCC[C@H](NC(=O)O)C4)ncc3Cl)cccc21. The van der Waals surface area contributed by atoms with Crippen molar-refractivity contribution in [3.05, 3.63) is 41.7 Å². The molecule has 0 unspecified atom stereocenters. The van der Waals surface area contributed by atoms with Crippen molar-refractivity contribution in [2.45, 2.75) is 37.8 Å². The van der Waals surface area contributed by atoms with Gasteiger partial charge in [0, 0.05) is 41.8 Å². The van der Waals surface area contributed by atoms with Crippen LogP contribution in [0.1, 0.15) is 25.7 Å². The molecule has 0 bridgehead atoms. The van der Waals surface area contributed by atoms with Crippen molar-refractivity contribution in [3.63, 3.8) is 0 Å². The lowest BCUT2D eigenvalue weighted by atomic mass is 9.91. The van der Waals surface area contributed by atoms with Crippen LogP contribution in [0.15, 0.2) is 36.7 Å². The number of halogens is 1. The van der Waals surface area contributed by atoms with Crippen molar-refractivity contribution in [2.75, 3.05) is 5.32 Å². The van der Waals surface area contributed by atoms with Gasteiger partial charge >= 0.3 is 6.09 Å². The molecule has 3 aromatic rings. The van der Waals surface area contributed by atoms with E-state index in [4.69, 9.17) is 16.7 Å². The molecular formula is C20H22ClN5O2. The summed E-state index contributed by atoms with van der Waals surface area (Å²) in [5.41, 5.74) is 2.76. The van der Waals surface area contributed by atoms with E-state index in [1.165, 1.54) is 0 Å². The van der Waals surface area contributed by atoms with E-state index in [-0.39, 0.29) is 12.1 Å². The van der Waals surface area contributed by atoms with Crippen LogP contribution < -0.4 is 10.6 Å². The number of aromatic nitrogens is 3. The van der Waals surface area contributed by atoms with Crippen LogP contribution in [0.5, 0.6) is 0 Å². The Morgan fingerprint density at radius 3 is 2.93 bits per heavy atom. The van der Waals surface area contributed by atoms with E-state index >= 15 is 0 Å². The molecule has 2 heterocycles. The summed E-state index contributed by atoms with van der Waals surface area (Å²) in [6.45, 7) is 0. The fourth-order valence-electron chi connectivity index (χ4n) is 3.94. The van der Waals surface area contributed by atoms with E-state index in [0.717, 1.165) is 35.7 Å². The van der Waals surface area contributed by atoms with E-state index in [1.54, 1.807) is 6.20 Å². The highest BCUT2D eigenvalue weighted by atomic mass is 35.5. The van der Waals surface area contributed by atoms with Gasteiger partial charge in [-0.3, -0.25) is 0 Å². The second kappa shape index (κ2) is 7.67. The minimum absolute atomic E-state index is 0.0476. The maximum atomic E-state index is 10.9. The molecule has 0 aliphatic heterocycles. The number of benzene rings is 1. The van der Waals surface area contributed by atoms with Gasteiger partial charge in [-0.2, -0.15) is 0 Å². The Labute approximate surface area is 167 Å². The molecule has 1 saturated carbocycles. The molecule has 0 spiro atoms. The summed E-state index contributed by atoms with van der Waals surface area (Å²) >= 11 is 6.43. The Hall–Kier alpha value is -2.80. The highest BCUT2D eigenvalue weighted by Gasteiger charge is 2.24. The lowest BCUT2D eigenvalue weighted by molar-refractivity contribution is 0.185. The normalized spacial score (nSPS) is 19.5. The zero-order chi connectivity index (χ0) is 19.7. The maximum Gasteiger partial charge on any atom is 0.404 e. The second-order valence-corrected chi connectivity index (χ2v) is 7.62. The van der Waals surface area contributed by atoms with Crippen LogP contribution in [0.4, 0.5) is 10.7 Å². The standard InChI is InChI=1S/C20H22ClN5O2/c1-26-9-8-14-15(6-3-7-17(14)26)18-16(21)11-22-19(25-18)23-12-4-2-5-13(10-12)24-20(27)28/h3,6-9,11-13,24H,2,4-5,10H2,1H3,(H,27,28)(H,22,23,25)/t12-,13+/m1/s1. The first-order chi connectivity index (χ1) is 13.5. The Morgan fingerprint density at radius 2 is 2.11 bits per heavy atom. The van der Waals surface area contributed by atoms with E-state index < -0.39 is 6.09 Å². The monoisotopic (exact) mass is 399 g/mol. The van der Waals surface area contributed by atoms with E-state index in [2.05, 4.69) is 37.3 Å². The number of rotatable bonds is 4. The van der Waals surface area contributed by atoms with Crippen molar-refractivity contribution in [3.8, 4) is 11.3 Å². The van der Waals surface area contributed by atoms with Crippen LogP contribution in [0, 0.1) is 0 Å². The number of hydrogen-bond donors (Lipinski definition) is 3. The van der Waals surface area contributed by atoms with Gasteiger partial charge in [-0.25, -0.2) is 14.8 Å². The third kappa shape index (κ3) is 3.75. The van der Waals surface area contributed by atoms with Gasteiger partial charge in [0.05, 0.1) is 16.9 Å². The van der Waals surface area contributed by atoms with Crippen LogP contribution >= 0.6 is 11.6 Å². The number of hydrogen-bond acceptors (Lipinski definition) is 4. The predicted octanol–water partition coefficient (Wildman–Crippen LogP) is 4.28. The third-order valence-corrected chi connectivity index (χ3v) is 5.54. The highest BCUT2D eigenvalue weighted by Crippen LogP contribution is 2.33. The average Bonchev–Trinajstić information content (AvgIpc) is 3.04. The first kappa shape index (κ1) is 18.6. The molecule has 1 aliphatic carbocycles. The van der Waals surface area contributed by atoms with Gasteiger partial charge < -0.3 is 20.3 Å². The fourth-order valence-corrected chi connectivity index (χ4v) is 4.14. The molecule has 1 aromatic carbocycles. The Kier molecular flexibility index (Phi) is 5.09. The van der Waals surface area contributed by atoms with Gasteiger partial charge in [0.25, 0.3) is 0 Å². The van der Waals surface area contributed by atoms with E-state index in [0.29, 0.717) is 23.1 Å². The van der Waals surface area contributed by atoms with E-state index in [1.807, 2.05) is 25.4 Å². The van der Waals surface area contributed by atoms with Crippen LogP contribution in [-0.2, 0) is 7.05 Å². The molecule has 7 nitrogen and oxygen atoms in total. The molecule has 4 rings (SSSR count). The van der Waals surface area contributed by atoms with Crippen LogP contribution in [0.2, 0.25) is 5.02 Å². The largest absolute Gasteiger partial charge is 0.465 e. The topological polar surface area (TPSA) is 92.1 Å². The molecule has 0 radical (unpaired) electrons. The smallest absolute Gasteiger partial charge is 0.404 e.